The van der Waals surface area contributed by atoms with Crippen molar-refractivity contribution in [1.29, 1.82) is 0 Å². The minimum Gasteiger partial charge on any atom is -0.385 e. The molecule has 1 aliphatic rings. The Morgan fingerprint density at radius 3 is 2.88 bits per heavy atom. The van der Waals surface area contributed by atoms with E-state index in [-0.39, 0.29) is 0 Å². The summed E-state index contributed by atoms with van der Waals surface area (Å²) in [6.45, 7) is 5.58. The van der Waals surface area contributed by atoms with Crippen LogP contribution in [0.2, 0.25) is 0 Å². The molecule has 0 saturated carbocycles. The fraction of sp³-hybridized carbons (Fsp3) is 0.571. The Balaban J connectivity index is 2.10. The molecule has 0 saturated heterocycles. The third kappa shape index (κ3) is 2.49. The zero-order chi connectivity index (χ0) is 11.4. The maximum absolute atomic E-state index is 3.59. The molecule has 1 aromatic rings. The van der Waals surface area contributed by atoms with Crippen LogP contribution in [0.4, 0.5) is 11.4 Å². The first-order chi connectivity index (χ1) is 7.83. The Labute approximate surface area is 98.4 Å². The van der Waals surface area contributed by atoms with Gasteiger partial charge in [0.2, 0.25) is 0 Å². The average Bonchev–Trinajstić information content (AvgIpc) is 2.35. The van der Waals surface area contributed by atoms with Crippen molar-refractivity contribution < 1.29 is 0 Å². The molecule has 0 unspecified atom stereocenters. The Kier molecular flexibility index (Phi) is 3.70. The molecular formula is C14H22N2. The molecule has 1 aliphatic heterocycles. The van der Waals surface area contributed by atoms with Crippen molar-refractivity contribution in [2.24, 2.45) is 0 Å². The second-order valence-corrected chi connectivity index (χ2v) is 4.56. The molecule has 0 radical (unpaired) electrons. The van der Waals surface area contributed by atoms with Crippen molar-refractivity contribution >= 4 is 11.4 Å². The molecule has 0 spiro atoms. The van der Waals surface area contributed by atoms with Crippen LogP contribution >= 0.6 is 0 Å². The lowest BCUT2D eigenvalue weighted by Gasteiger charge is -2.21. The highest BCUT2D eigenvalue weighted by molar-refractivity contribution is 5.62. The Morgan fingerprint density at radius 2 is 2.12 bits per heavy atom. The highest BCUT2D eigenvalue weighted by Gasteiger charge is 2.09. The van der Waals surface area contributed by atoms with Gasteiger partial charge in [-0.05, 0) is 43.4 Å². The number of hydrogen-bond acceptors (Lipinski definition) is 2. The Morgan fingerprint density at radius 1 is 1.31 bits per heavy atom. The first kappa shape index (κ1) is 11.3. The SMILES string of the molecule is CCC(CC)Nc1ccc2c(c1)NCCC2. The Hall–Kier alpha value is -1.18. The van der Waals surface area contributed by atoms with E-state index in [1.165, 1.54) is 42.6 Å². The monoisotopic (exact) mass is 218 g/mol. The van der Waals surface area contributed by atoms with Crippen LogP contribution in [-0.2, 0) is 6.42 Å². The normalized spacial score (nSPS) is 14.4. The highest BCUT2D eigenvalue weighted by atomic mass is 14.9. The Bertz CT molecular complexity index is 343. The van der Waals surface area contributed by atoms with Crippen LogP contribution in [0.5, 0.6) is 0 Å². The van der Waals surface area contributed by atoms with Gasteiger partial charge in [-0.15, -0.1) is 0 Å². The van der Waals surface area contributed by atoms with E-state index in [2.05, 4.69) is 42.7 Å². The topological polar surface area (TPSA) is 24.1 Å². The summed E-state index contributed by atoms with van der Waals surface area (Å²) in [5.74, 6) is 0. The third-order valence-electron chi connectivity index (χ3n) is 3.40. The fourth-order valence-electron chi connectivity index (χ4n) is 2.28. The number of aryl methyl sites for hydroxylation is 1. The predicted molar refractivity (Wildman–Crippen MR) is 71.2 cm³/mol. The smallest absolute Gasteiger partial charge is 0.0393 e. The lowest BCUT2D eigenvalue weighted by Crippen LogP contribution is -2.18. The molecule has 0 aliphatic carbocycles. The molecule has 2 heteroatoms. The van der Waals surface area contributed by atoms with Crippen molar-refractivity contribution in [3.05, 3.63) is 23.8 Å². The molecule has 16 heavy (non-hydrogen) atoms. The van der Waals surface area contributed by atoms with E-state index < -0.39 is 0 Å². The quantitative estimate of drug-likeness (QED) is 0.806. The molecule has 2 rings (SSSR count). The van der Waals surface area contributed by atoms with Crippen LogP contribution < -0.4 is 10.6 Å². The zero-order valence-corrected chi connectivity index (χ0v) is 10.3. The number of anilines is 2. The number of nitrogens with one attached hydrogen (secondary N) is 2. The summed E-state index contributed by atoms with van der Waals surface area (Å²) in [7, 11) is 0. The summed E-state index contributed by atoms with van der Waals surface area (Å²) in [6, 6.07) is 7.32. The van der Waals surface area contributed by atoms with Crippen molar-refractivity contribution in [3.8, 4) is 0 Å². The summed E-state index contributed by atoms with van der Waals surface area (Å²) < 4.78 is 0. The summed E-state index contributed by atoms with van der Waals surface area (Å²) in [6.07, 6.45) is 4.84. The van der Waals surface area contributed by atoms with Gasteiger partial charge in [-0.1, -0.05) is 19.9 Å². The van der Waals surface area contributed by atoms with Crippen molar-refractivity contribution in [3.63, 3.8) is 0 Å². The van der Waals surface area contributed by atoms with E-state index >= 15 is 0 Å². The molecule has 88 valence electrons. The van der Waals surface area contributed by atoms with Gasteiger partial charge in [-0.25, -0.2) is 0 Å². The van der Waals surface area contributed by atoms with Gasteiger partial charge in [0.05, 0.1) is 0 Å². The van der Waals surface area contributed by atoms with Gasteiger partial charge in [-0.2, -0.15) is 0 Å². The van der Waals surface area contributed by atoms with E-state index in [4.69, 9.17) is 0 Å². The third-order valence-corrected chi connectivity index (χ3v) is 3.40. The lowest BCUT2D eigenvalue weighted by molar-refractivity contribution is 0.671. The molecule has 0 bridgehead atoms. The largest absolute Gasteiger partial charge is 0.385 e. The van der Waals surface area contributed by atoms with Gasteiger partial charge in [-0.3, -0.25) is 0 Å². The minimum absolute atomic E-state index is 0.599. The molecule has 0 fully saturated rings. The molecule has 2 N–H and O–H groups in total. The van der Waals surface area contributed by atoms with Crippen LogP contribution in [0.3, 0.4) is 0 Å². The van der Waals surface area contributed by atoms with Crippen LogP contribution in [-0.4, -0.2) is 12.6 Å². The van der Waals surface area contributed by atoms with Crippen LogP contribution in [0, 0.1) is 0 Å². The molecule has 2 nitrogen and oxygen atoms in total. The maximum atomic E-state index is 3.59. The van der Waals surface area contributed by atoms with E-state index in [1.54, 1.807) is 0 Å². The molecule has 0 atom stereocenters. The number of fused-ring (bicyclic) bond motifs is 1. The minimum atomic E-state index is 0.599. The number of hydrogen-bond donors (Lipinski definition) is 2. The summed E-state index contributed by atoms with van der Waals surface area (Å²) in [5, 5.41) is 7.06. The maximum Gasteiger partial charge on any atom is 0.0393 e. The van der Waals surface area contributed by atoms with Crippen LogP contribution in [0.25, 0.3) is 0 Å². The van der Waals surface area contributed by atoms with Crippen molar-refractivity contribution in [2.75, 3.05) is 17.2 Å². The molecular weight excluding hydrogens is 196 g/mol. The van der Waals surface area contributed by atoms with Gasteiger partial charge in [0.1, 0.15) is 0 Å². The van der Waals surface area contributed by atoms with Crippen molar-refractivity contribution in [2.45, 2.75) is 45.6 Å². The predicted octanol–water partition coefficient (Wildman–Crippen LogP) is 3.65. The number of rotatable bonds is 4. The van der Waals surface area contributed by atoms with Gasteiger partial charge in [0.25, 0.3) is 0 Å². The summed E-state index contributed by atoms with van der Waals surface area (Å²) >= 11 is 0. The second-order valence-electron chi connectivity index (χ2n) is 4.56. The van der Waals surface area contributed by atoms with Gasteiger partial charge in [0.15, 0.2) is 0 Å². The van der Waals surface area contributed by atoms with E-state index in [1.807, 2.05) is 0 Å². The average molecular weight is 218 g/mol. The first-order valence-corrected chi connectivity index (χ1v) is 6.46. The molecule has 0 amide bonds. The molecule has 0 aromatic heterocycles. The zero-order valence-electron chi connectivity index (χ0n) is 10.3. The summed E-state index contributed by atoms with van der Waals surface area (Å²) in [5.41, 5.74) is 4.03. The van der Waals surface area contributed by atoms with E-state index in [0.29, 0.717) is 6.04 Å². The van der Waals surface area contributed by atoms with E-state index in [0.717, 1.165) is 6.54 Å². The van der Waals surface area contributed by atoms with Crippen molar-refractivity contribution in [1.82, 2.24) is 0 Å². The highest BCUT2D eigenvalue weighted by Crippen LogP contribution is 2.26. The van der Waals surface area contributed by atoms with Crippen LogP contribution in [0.15, 0.2) is 18.2 Å². The molecule has 1 heterocycles. The van der Waals surface area contributed by atoms with Gasteiger partial charge in [0, 0.05) is 24.0 Å². The fourth-order valence-corrected chi connectivity index (χ4v) is 2.28. The second kappa shape index (κ2) is 5.24. The number of benzene rings is 1. The standard InChI is InChI=1S/C14H22N2/c1-3-12(4-2)16-13-8-7-11-6-5-9-15-14(11)10-13/h7-8,10,12,15-16H,3-6,9H2,1-2H3. The van der Waals surface area contributed by atoms with Gasteiger partial charge >= 0.3 is 0 Å². The summed E-state index contributed by atoms with van der Waals surface area (Å²) in [4.78, 5) is 0. The van der Waals surface area contributed by atoms with Gasteiger partial charge < -0.3 is 10.6 Å². The van der Waals surface area contributed by atoms with E-state index in [9.17, 15) is 0 Å². The lowest BCUT2D eigenvalue weighted by atomic mass is 10.0. The first-order valence-electron chi connectivity index (χ1n) is 6.46. The molecule has 1 aromatic carbocycles. The van der Waals surface area contributed by atoms with Crippen LogP contribution in [0.1, 0.15) is 38.7 Å².